The maximum atomic E-state index is 15.1. The monoisotopic (exact) mass is 491 g/mol. The van der Waals surface area contributed by atoms with Crippen LogP contribution < -0.4 is 15.2 Å². The van der Waals surface area contributed by atoms with E-state index in [0.717, 1.165) is 24.5 Å². The second-order valence-electron chi connectivity index (χ2n) is 9.24. The molecule has 184 valence electrons. The zero-order valence-electron chi connectivity index (χ0n) is 19.2. The van der Waals surface area contributed by atoms with Gasteiger partial charge in [0.15, 0.2) is 23.0 Å². The molecule has 0 spiro atoms. The summed E-state index contributed by atoms with van der Waals surface area (Å²) in [5, 5.41) is 12.5. The molecule has 1 saturated carbocycles. The zero-order valence-corrected chi connectivity index (χ0v) is 19.2. The molecular weight excluding hydrogens is 468 g/mol. The van der Waals surface area contributed by atoms with Gasteiger partial charge in [0.25, 0.3) is 5.91 Å². The molecule has 2 bridgehead atoms. The van der Waals surface area contributed by atoms with Crippen molar-refractivity contribution >= 4 is 5.91 Å². The minimum absolute atomic E-state index is 0.0177. The number of ether oxygens (including phenoxy) is 1. The molecule has 1 aliphatic carbocycles. The third-order valence-corrected chi connectivity index (χ3v) is 7.00. The molecule has 9 heteroatoms. The fourth-order valence-electron chi connectivity index (χ4n) is 5.13. The number of halogens is 2. The second-order valence-corrected chi connectivity index (χ2v) is 9.24. The summed E-state index contributed by atoms with van der Waals surface area (Å²) in [5.74, 6) is -3.28. The smallest absolute Gasteiger partial charge is 0.278 e. The van der Waals surface area contributed by atoms with E-state index in [1.165, 1.54) is 23.0 Å². The standard InChI is InChI=1S/C27H23F2N3O4/c28-19-11-10-18-23(17-5-2-1-3-6-17)32-15-30(27(35)24-25(34)21(33)12-13-31(24)32)20(16-8-9-16)7-4-14-36-26(18)22(19)29/h1-7,10-13,16,20,23,34H,8-9,14-15H2/b7-4-/t20-,23-/m1/s1. The lowest BCUT2D eigenvalue weighted by atomic mass is 9.96. The van der Waals surface area contributed by atoms with E-state index in [0.29, 0.717) is 5.56 Å². The molecule has 3 aromatic rings. The van der Waals surface area contributed by atoms with Crippen LogP contribution in [0.3, 0.4) is 0 Å². The Hall–Kier alpha value is -4.14. The molecule has 0 saturated heterocycles. The van der Waals surface area contributed by atoms with Gasteiger partial charge in [-0.2, -0.15) is 4.39 Å². The van der Waals surface area contributed by atoms with Gasteiger partial charge in [-0.25, -0.2) is 4.39 Å². The number of aromatic hydroxyl groups is 1. The lowest BCUT2D eigenvalue weighted by molar-refractivity contribution is 0.0610. The summed E-state index contributed by atoms with van der Waals surface area (Å²) in [6.45, 7) is 0.0633. The number of pyridine rings is 1. The molecule has 0 radical (unpaired) electrons. The van der Waals surface area contributed by atoms with Gasteiger partial charge < -0.3 is 14.7 Å². The average Bonchev–Trinajstić information content (AvgIpc) is 3.72. The van der Waals surface area contributed by atoms with E-state index >= 15 is 4.39 Å². The van der Waals surface area contributed by atoms with Crippen molar-refractivity contribution in [3.8, 4) is 11.5 Å². The van der Waals surface area contributed by atoms with Crippen LogP contribution in [-0.4, -0.2) is 39.9 Å². The first-order valence-corrected chi connectivity index (χ1v) is 11.8. The summed E-state index contributed by atoms with van der Waals surface area (Å²) in [7, 11) is 0. The fraction of sp³-hybridized carbons (Fsp3) is 0.259. The van der Waals surface area contributed by atoms with Crippen LogP contribution in [0.5, 0.6) is 11.5 Å². The van der Waals surface area contributed by atoms with Gasteiger partial charge in [0.05, 0.1) is 6.04 Å². The highest BCUT2D eigenvalue weighted by molar-refractivity contribution is 5.96. The lowest BCUT2D eigenvalue weighted by Crippen LogP contribution is -2.58. The van der Waals surface area contributed by atoms with Crippen molar-refractivity contribution in [3.05, 3.63) is 106 Å². The number of benzene rings is 2. The molecule has 3 heterocycles. The first-order valence-electron chi connectivity index (χ1n) is 11.8. The summed E-state index contributed by atoms with van der Waals surface area (Å²) in [4.78, 5) is 27.7. The first kappa shape index (κ1) is 22.3. The van der Waals surface area contributed by atoms with Crippen molar-refractivity contribution in [2.24, 2.45) is 5.92 Å². The quantitative estimate of drug-likeness (QED) is 0.554. The predicted molar refractivity (Wildman–Crippen MR) is 127 cm³/mol. The lowest BCUT2D eigenvalue weighted by Gasteiger charge is -2.46. The van der Waals surface area contributed by atoms with Crippen molar-refractivity contribution in [2.75, 3.05) is 18.3 Å². The Morgan fingerprint density at radius 1 is 1.00 bits per heavy atom. The van der Waals surface area contributed by atoms with Crippen LogP contribution in [0.4, 0.5) is 8.78 Å². The zero-order chi connectivity index (χ0) is 25.0. The number of carbonyl (C=O) groups excluding carboxylic acids is 1. The van der Waals surface area contributed by atoms with Crippen LogP contribution in [0, 0.1) is 17.6 Å². The number of amides is 1. The van der Waals surface area contributed by atoms with Gasteiger partial charge in [0, 0.05) is 17.8 Å². The number of carbonyl (C=O) groups is 1. The van der Waals surface area contributed by atoms with Gasteiger partial charge >= 0.3 is 0 Å². The Morgan fingerprint density at radius 2 is 1.78 bits per heavy atom. The number of fused-ring (bicyclic) bond motifs is 5. The van der Waals surface area contributed by atoms with Gasteiger partial charge in [-0.05, 0) is 42.5 Å². The Morgan fingerprint density at radius 3 is 2.53 bits per heavy atom. The summed E-state index contributed by atoms with van der Waals surface area (Å²) in [6.07, 6.45) is 6.81. The number of hydrogen-bond acceptors (Lipinski definition) is 5. The SMILES string of the molecule is O=C1c2c(O)c(=O)ccn2N2CN1[C@@H](C1CC1)/C=C\COc1c(ccc(F)c1F)[C@H]2c1ccccc1. The maximum Gasteiger partial charge on any atom is 0.278 e. The van der Waals surface area contributed by atoms with Gasteiger partial charge in [-0.3, -0.25) is 19.3 Å². The molecule has 6 rings (SSSR count). The fourth-order valence-corrected chi connectivity index (χ4v) is 5.13. The van der Waals surface area contributed by atoms with E-state index in [1.54, 1.807) is 16.0 Å². The Kier molecular flexibility index (Phi) is 5.28. The summed E-state index contributed by atoms with van der Waals surface area (Å²) in [6, 6.07) is 11.8. The molecule has 0 unspecified atom stereocenters. The molecule has 1 N–H and O–H groups in total. The van der Waals surface area contributed by atoms with Crippen LogP contribution in [0.25, 0.3) is 0 Å². The van der Waals surface area contributed by atoms with Crippen molar-refractivity contribution in [1.29, 1.82) is 0 Å². The Bertz CT molecular complexity index is 1430. The largest absolute Gasteiger partial charge is 0.502 e. The molecule has 2 aliphatic heterocycles. The van der Waals surface area contributed by atoms with Gasteiger partial charge in [-0.15, -0.1) is 0 Å². The third kappa shape index (κ3) is 3.54. The molecule has 7 nitrogen and oxygen atoms in total. The highest BCUT2D eigenvalue weighted by Gasteiger charge is 2.44. The van der Waals surface area contributed by atoms with Crippen molar-refractivity contribution in [3.63, 3.8) is 0 Å². The van der Waals surface area contributed by atoms with E-state index in [2.05, 4.69) is 0 Å². The predicted octanol–water partition coefficient (Wildman–Crippen LogP) is 3.70. The minimum Gasteiger partial charge on any atom is -0.502 e. The van der Waals surface area contributed by atoms with Crippen molar-refractivity contribution < 1.29 is 23.4 Å². The topological polar surface area (TPSA) is 75.0 Å². The number of rotatable bonds is 2. The molecule has 1 amide bonds. The Labute approximate surface area is 205 Å². The molecule has 1 aromatic heterocycles. The van der Waals surface area contributed by atoms with Gasteiger partial charge in [0.1, 0.15) is 19.3 Å². The highest BCUT2D eigenvalue weighted by Crippen LogP contribution is 2.42. The molecule has 1 fully saturated rings. The van der Waals surface area contributed by atoms with Crippen molar-refractivity contribution in [2.45, 2.75) is 24.9 Å². The average molecular weight is 491 g/mol. The number of nitrogens with zero attached hydrogens (tertiary/aromatic N) is 3. The van der Waals surface area contributed by atoms with E-state index < -0.39 is 34.8 Å². The summed E-state index contributed by atoms with van der Waals surface area (Å²) < 4.78 is 36.7. The highest BCUT2D eigenvalue weighted by atomic mass is 19.2. The van der Waals surface area contributed by atoms with Crippen LogP contribution in [0.2, 0.25) is 0 Å². The van der Waals surface area contributed by atoms with Gasteiger partial charge in [0.2, 0.25) is 11.2 Å². The number of aromatic nitrogens is 1. The van der Waals surface area contributed by atoms with Gasteiger partial charge in [-0.1, -0.05) is 36.4 Å². The van der Waals surface area contributed by atoms with Crippen LogP contribution in [-0.2, 0) is 0 Å². The maximum absolute atomic E-state index is 15.1. The molecule has 3 aliphatic rings. The van der Waals surface area contributed by atoms with E-state index in [9.17, 15) is 19.1 Å². The normalized spacial score (nSPS) is 22.2. The second kappa shape index (κ2) is 8.51. The minimum atomic E-state index is -1.10. The third-order valence-electron chi connectivity index (χ3n) is 7.00. The van der Waals surface area contributed by atoms with E-state index in [4.69, 9.17) is 4.74 Å². The first-order chi connectivity index (χ1) is 17.5. The van der Waals surface area contributed by atoms with E-state index in [-0.39, 0.29) is 36.7 Å². The molecule has 2 atom stereocenters. The molecule has 2 aromatic carbocycles. The van der Waals surface area contributed by atoms with E-state index in [1.807, 2.05) is 36.4 Å². The number of hydrogen-bond donors (Lipinski definition) is 1. The van der Waals surface area contributed by atoms with Crippen LogP contribution >= 0.6 is 0 Å². The Balaban J connectivity index is 1.65. The van der Waals surface area contributed by atoms with Crippen LogP contribution in [0.1, 0.15) is 40.5 Å². The molecular formula is C27H23F2N3O4. The molecule has 36 heavy (non-hydrogen) atoms. The van der Waals surface area contributed by atoms with Crippen LogP contribution in [0.15, 0.2) is 71.7 Å². The summed E-state index contributed by atoms with van der Waals surface area (Å²) >= 11 is 0. The van der Waals surface area contributed by atoms with Crippen molar-refractivity contribution in [1.82, 2.24) is 9.58 Å². The summed E-state index contributed by atoms with van der Waals surface area (Å²) in [5.41, 5.74) is 0.226.